The summed E-state index contributed by atoms with van der Waals surface area (Å²) in [4.78, 5) is 4.13. The maximum Gasteiger partial charge on any atom is 0.152 e. The van der Waals surface area contributed by atoms with Gasteiger partial charge in [0, 0.05) is 5.69 Å². The van der Waals surface area contributed by atoms with Crippen molar-refractivity contribution in [3.63, 3.8) is 0 Å². The maximum atomic E-state index is 5.91. The Morgan fingerprint density at radius 3 is 2.69 bits per heavy atom. The van der Waals surface area contributed by atoms with E-state index < -0.39 is 0 Å². The SMILES string of the molecule is CC(C)=CNc1ccc(C)nc1Cl. The molecule has 2 nitrogen and oxygen atoms in total. The Balaban J connectivity index is 2.84. The lowest BCUT2D eigenvalue weighted by Crippen LogP contribution is -1.92. The molecular formula is C10H13ClN2. The van der Waals surface area contributed by atoms with Gasteiger partial charge in [-0.25, -0.2) is 4.98 Å². The standard InChI is InChI=1S/C10H13ClN2/c1-7(2)6-12-9-5-4-8(3)13-10(9)11/h4-6,12H,1-3H3. The molecule has 13 heavy (non-hydrogen) atoms. The molecule has 0 spiro atoms. The number of rotatable bonds is 2. The predicted octanol–water partition coefficient (Wildman–Crippen LogP) is 3.38. The second-order valence-electron chi connectivity index (χ2n) is 3.16. The fourth-order valence-electron chi connectivity index (χ4n) is 0.855. The van der Waals surface area contributed by atoms with Crippen LogP contribution in [0.25, 0.3) is 0 Å². The highest BCUT2D eigenvalue weighted by atomic mass is 35.5. The number of pyridine rings is 1. The maximum absolute atomic E-state index is 5.91. The lowest BCUT2D eigenvalue weighted by Gasteiger charge is -2.03. The van der Waals surface area contributed by atoms with E-state index in [2.05, 4.69) is 10.3 Å². The molecule has 0 saturated heterocycles. The van der Waals surface area contributed by atoms with Crippen LogP contribution >= 0.6 is 11.6 Å². The van der Waals surface area contributed by atoms with Crippen molar-refractivity contribution in [1.82, 2.24) is 4.98 Å². The minimum Gasteiger partial charge on any atom is -0.359 e. The largest absolute Gasteiger partial charge is 0.359 e. The predicted molar refractivity (Wildman–Crippen MR) is 57.0 cm³/mol. The Hall–Kier alpha value is -1.02. The number of halogens is 1. The molecule has 1 N–H and O–H groups in total. The van der Waals surface area contributed by atoms with Gasteiger partial charge in [-0.2, -0.15) is 0 Å². The number of anilines is 1. The van der Waals surface area contributed by atoms with Crippen LogP contribution in [0.15, 0.2) is 23.9 Å². The summed E-state index contributed by atoms with van der Waals surface area (Å²) in [5.41, 5.74) is 2.96. The highest BCUT2D eigenvalue weighted by molar-refractivity contribution is 6.32. The summed E-state index contributed by atoms with van der Waals surface area (Å²) in [7, 11) is 0. The van der Waals surface area contributed by atoms with Crippen molar-refractivity contribution in [1.29, 1.82) is 0 Å². The molecular weight excluding hydrogens is 184 g/mol. The molecule has 0 amide bonds. The molecule has 3 heteroatoms. The second kappa shape index (κ2) is 4.28. The van der Waals surface area contributed by atoms with E-state index in [9.17, 15) is 0 Å². The van der Waals surface area contributed by atoms with Crippen molar-refractivity contribution in [3.05, 3.63) is 34.8 Å². The molecule has 0 aliphatic heterocycles. The lowest BCUT2D eigenvalue weighted by molar-refractivity contribution is 1.20. The van der Waals surface area contributed by atoms with Crippen LogP contribution in [0.4, 0.5) is 5.69 Å². The number of nitrogens with one attached hydrogen (secondary N) is 1. The average molecular weight is 197 g/mol. The van der Waals surface area contributed by atoms with Crippen LogP contribution in [0, 0.1) is 6.92 Å². The highest BCUT2D eigenvalue weighted by Gasteiger charge is 1.98. The zero-order valence-corrected chi connectivity index (χ0v) is 8.81. The Labute approximate surface area is 83.6 Å². The van der Waals surface area contributed by atoms with Gasteiger partial charge in [0.05, 0.1) is 5.69 Å². The van der Waals surface area contributed by atoms with Gasteiger partial charge in [-0.3, -0.25) is 0 Å². The summed E-state index contributed by atoms with van der Waals surface area (Å²) in [5, 5.41) is 3.59. The van der Waals surface area contributed by atoms with Crippen LogP contribution < -0.4 is 5.32 Å². The topological polar surface area (TPSA) is 24.9 Å². The zero-order valence-electron chi connectivity index (χ0n) is 8.06. The molecule has 0 saturated carbocycles. The van der Waals surface area contributed by atoms with E-state index in [0.29, 0.717) is 5.15 Å². The van der Waals surface area contributed by atoms with E-state index in [1.807, 2.05) is 39.1 Å². The quantitative estimate of drug-likeness (QED) is 0.734. The van der Waals surface area contributed by atoms with Crippen molar-refractivity contribution >= 4 is 17.3 Å². The fraction of sp³-hybridized carbons (Fsp3) is 0.300. The molecule has 0 atom stereocenters. The van der Waals surface area contributed by atoms with Crippen LogP contribution in [-0.2, 0) is 0 Å². The monoisotopic (exact) mass is 196 g/mol. The van der Waals surface area contributed by atoms with E-state index >= 15 is 0 Å². The first-order valence-electron chi connectivity index (χ1n) is 4.12. The number of hydrogen-bond acceptors (Lipinski definition) is 2. The number of aryl methyl sites for hydroxylation is 1. The van der Waals surface area contributed by atoms with Crippen molar-refractivity contribution in [3.8, 4) is 0 Å². The Kier molecular flexibility index (Phi) is 3.32. The van der Waals surface area contributed by atoms with Gasteiger partial charge in [0.25, 0.3) is 0 Å². The first kappa shape index (κ1) is 10.1. The molecule has 1 heterocycles. The summed E-state index contributed by atoms with van der Waals surface area (Å²) in [6, 6.07) is 3.84. The van der Waals surface area contributed by atoms with E-state index in [-0.39, 0.29) is 0 Å². The molecule has 70 valence electrons. The molecule has 1 aromatic heterocycles. The van der Waals surface area contributed by atoms with E-state index in [4.69, 9.17) is 11.6 Å². The van der Waals surface area contributed by atoms with E-state index in [1.165, 1.54) is 5.57 Å². The van der Waals surface area contributed by atoms with Crippen LogP contribution in [-0.4, -0.2) is 4.98 Å². The van der Waals surface area contributed by atoms with Gasteiger partial charge >= 0.3 is 0 Å². The van der Waals surface area contributed by atoms with Crippen LogP contribution in [0.1, 0.15) is 19.5 Å². The molecule has 0 aromatic carbocycles. The van der Waals surface area contributed by atoms with Gasteiger partial charge in [-0.15, -0.1) is 0 Å². The van der Waals surface area contributed by atoms with Crippen molar-refractivity contribution in [2.75, 3.05) is 5.32 Å². The fourth-order valence-corrected chi connectivity index (χ4v) is 1.11. The van der Waals surface area contributed by atoms with Crippen molar-refractivity contribution in [2.45, 2.75) is 20.8 Å². The number of allylic oxidation sites excluding steroid dienone is 1. The molecule has 1 aromatic rings. The third-order valence-corrected chi connectivity index (χ3v) is 1.79. The molecule has 1 rings (SSSR count). The summed E-state index contributed by atoms with van der Waals surface area (Å²) in [6.45, 7) is 5.95. The summed E-state index contributed by atoms with van der Waals surface area (Å²) in [6.07, 6.45) is 1.90. The third-order valence-electron chi connectivity index (χ3n) is 1.50. The van der Waals surface area contributed by atoms with Gasteiger partial charge in [0.15, 0.2) is 5.15 Å². The van der Waals surface area contributed by atoms with E-state index in [0.717, 1.165) is 11.4 Å². The summed E-state index contributed by atoms with van der Waals surface area (Å²) in [5.74, 6) is 0. The van der Waals surface area contributed by atoms with Crippen LogP contribution in [0.2, 0.25) is 5.15 Å². The minimum atomic E-state index is 0.512. The second-order valence-corrected chi connectivity index (χ2v) is 3.52. The van der Waals surface area contributed by atoms with Crippen molar-refractivity contribution in [2.24, 2.45) is 0 Å². The average Bonchev–Trinajstić information content (AvgIpc) is 2.02. The lowest BCUT2D eigenvalue weighted by atomic mass is 10.3. The first-order chi connectivity index (χ1) is 6.09. The Morgan fingerprint density at radius 1 is 1.46 bits per heavy atom. The zero-order chi connectivity index (χ0) is 9.84. The molecule has 0 aliphatic rings. The van der Waals surface area contributed by atoms with Gasteiger partial charge in [-0.05, 0) is 39.1 Å². The Bertz CT molecular complexity index is 328. The van der Waals surface area contributed by atoms with Crippen LogP contribution in [0.3, 0.4) is 0 Å². The molecule has 0 radical (unpaired) electrons. The first-order valence-corrected chi connectivity index (χ1v) is 4.50. The van der Waals surface area contributed by atoms with Gasteiger partial charge in [0.1, 0.15) is 0 Å². The molecule has 0 unspecified atom stereocenters. The van der Waals surface area contributed by atoms with Crippen molar-refractivity contribution < 1.29 is 0 Å². The number of nitrogens with zero attached hydrogens (tertiary/aromatic N) is 1. The summed E-state index contributed by atoms with van der Waals surface area (Å²) >= 11 is 5.91. The minimum absolute atomic E-state index is 0.512. The molecule has 0 fully saturated rings. The highest BCUT2D eigenvalue weighted by Crippen LogP contribution is 2.19. The third kappa shape index (κ3) is 3.07. The number of aromatic nitrogens is 1. The smallest absolute Gasteiger partial charge is 0.152 e. The van der Waals surface area contributed by atoms with Gasteiger partial charge in [-0.1, -0.05) is 17.2 Å². The normalized spacial score (nSPS) is 9.54. The van der Waals surface area contributed by atoms with Gasteiger partial charge in [0.2, 0.25) is 0 Å². The van der Waals surface area contributed by atoms with E-state index in [1.54, 1.807) is 0 Å². The number of hydrogen-bond donors (Lipinski definition) is 1. The van der Waals surface area contributed by atoms with Crippen LogP contribution in [0.5, 0.6) is 0 Å². The molecule has 0 bridgehead atoms. The summed E-state index contributed by atoms with van der Waals surface area (Å²) < 4.78 is 0. The Morgan fingerprint density at radius 2 is 2.15 bits per heavy atom. The molecule has 0 aliphatic carbocycles. The van der Waals surface area contributed by atoms with Gasteiger partial charge < -0.3 is 5.32 Å².